The summed E-state index contributed by atoms with van der Waals surface area (Å²) < 4.78 is 189. The van der Waals surface area contributed by atoms with Crippen molar-refractivity contribution in [3.05, 3.63) is 187 Å². The predicted molar refractivity (Wildman–Crippen MR) is 383 cm³/mol. The van der Waals surface area contributed by atoms with Gasteiger partial charge in [-0.2, -0.15) is 52.7 Å². The molecule has 0 bridgehead atoms. The highest BCUT2D eigenvalue weighted by molar-refractivity contribution is 9.10. The van der Waals surface area contributed by atoms with Crippen molar-refractivity contribution >= 4 is 60.7 Å². The molecule has 5 aromatic heterocycles. The second-order valence-electron chi connectivity index (χ2n) is 29.7. The molecule has 2 atom stereocenters. The van der Waals surface area contributed by atoms with E-state index >= 15 is 0 Å². The van der Waals surface area contributed by atoms with E-state index in [1.807, 2.05) is 44.2 Å². The fourth-order valence-electron chi connectivity index (χ4n) is 14.1. The minimum Gasteiger partial charge on any atom is -0.493 e. The van der Waals surface area contributed by atoms with E-state index in [4.69, 9.17) is 35.3 Å². The van der Waals surface area contributed by atoms with E-state index in [1.54, 1.807) is 108 Å². The first-order chi connectivity index (χ1) is 50.4. The molecular formula is C77H73BrClF12N7O9S. The summed E-state index contributed by atoms with van der Waals surface area (Å²) in [5, 5.41) is 12.7. The van der Waals surface area contributed by atoms with Crippen LogP contribution in [0.25, 0.3) is 43.6 Å². The summed E-state index contributed by atoms with van der Waals surface area (Å²) in [7, 11) is 0. The number of halogens is 14. The third kappa shape index (κ3) is 17.5. The number of thiophene rings is 1. The van der Waals surface area contributed by atoms with Crippen molar-refractivity contribution in [3.8, 4) is 56.4 Å². The molecule has 1 fully saturated rings. The van der Waals surface area contributed by atoms with Crippen LogP contribution in [0, 0.1) is 0 Å². The van der Waals surface area contributed by atoms with Crippen molar-refractivity contribution in [1.29, 1.82) is 0 Å². The second-order valence-corrected chi connectivity index (χ2v) is 32.0. The average molecular weight is 1620 g/mol. The molecule has 5 aliphatic rings. The Morgan fingerprint density at radius 1 is 0.537 bits per heavy atom. The number of aromatic nitrogens is 7. The monoisotopic (exact) mass is 1610 g/mol. The fraction of sp³-hybridized carbons (Fsp3) is 0.416. The van der Waals surface area contributed by atoms with E-state index in [1.165, 1.54) is 23.5 Å². The van der Waals surface area contributed by atoms with E-state index in [2.05, 4.69) is 45.8 Å². The van der Waals surface area contributed by atoms with E-state index in [-0.39, 0.29) is 28.3 Å². The van der Waals surface area contributed by atoms with Gasteiger partial charge in [0.1, 0.15) is 47.0 Å². The zero-order valence-electron chi connectivity index (χ0n) is 59.5. The van der Waals surface area contributed by atoms with Gasteiger partial charge in [-0.05, 0) is 123 Å². The number of ether oxygens (including phenoxy) is 5. The molecule has 0 spiro atoms. The molecule has 5 aliphatic heterocycles. The topological polar surface area (TPSA) is 203 Å². The number of pyridine rings is 1. The lowest BCUT2D eigenvalue weighted by Gasteiger charge is -2.39. The number of rotatable bonds is 17. The fourth-order valence-corrected chi connectivity index (χ4v) is 15.7. The molecule has 14 rings (SSSR count). The Hall–Kier alpha value is -8.58. The maximum atomic E-state index is 14.6. The summed E-state index contributed by atoms with van der Waals surface area (Å²) in [6.07, 6.45) is -2.91. The molecule has 31 heteroatoms. The third-order valence-corrected chi connectivity index (χ3v) is 21.2. The first-order valence-corrected chi connectivity index (χ1v) is 36.0. The molecule has 108 heavy (non-hydrogen) atoms. The highest BCUT2D eigenvalue weighted by atomic mass is 79.9. The summed E-state index contributed by atoms with van der Waals surface area (Å²) in [6, 6.07) is 16.5. The molecule has 1 saturated heterocycles. The number of carbonyl (C=O) groups excluding carboxylic acids is 2. The zero-order valence-corrected chi connectivity index (χ0v) is 62.6. The van der Waals surface area contributed by atoms with Gasteiger partial charge in [0.05, 0.1) is 49.8 Å². The van der Waals surface area contributed by atoms with Crippen molar-refractivity contribution < 1.29 is 91.1 Å². The van der Waals surface area contributed by atoms with Gasteiger partial charge < -0.3 is 33.4 Å². The number of benzene rings is 4. The summed E-state index contributed by atoms with van der Waals surface area (Å²) in [5.41, 5.74) is 1.84. The molecule has 574 valence electrons. The molecule has 0 saturated carbocycles. The van der Waals surface area contributed by atoms with Gasteiger partial charge in [-0.1, -0.05) is 82.9 Å². The molecular weight excluding hydrogens is 1540 g/mol. The zero-order chi connectivity index (χ0) is 78.5. The Morgan fingerprint density at radius 3 is 1.26 bits per heavy atom. The lowest BCUT2D eigenvalue weighted by molar-refractivity contribution is -0.271. The number of hydrogen-bond donors (Lipinski definition) is 1. The van der Waals surface area contributed by atoms with Crippen LogP contribution >= 0.6 is 38.9 Å². The highest BCUT2D eigenvalue weighted by Gasteiger charge is 2.67. The molecule has 2 unspecified atom stereocenters. The molecule has 16 nitrogen and oxygen atoms in total. The lowest BCUT2D eigenvalue weighted by atomic mass is 9.73. The molecule has 0 amide bonds. The van der Waals surface area contributed by atoms with Crippen LogP contribution in [0.15, 0.2) is 132 Å². The number of carbonyl (C=O) groups is 2. The number of nitrogens with zero attached hydrogens (tertiary/aromatic N) is 7. The highest BCUT2D eigenvalue weighted by Crippen LogP contribution is 2.54. The minimum atomic E-state index is -4.98. The van der Waals surface area contributed by atoms with E-state index in [9.17, 15) is 72.2 Å². The van der Waals surface area contributed by atoms with E-state index in [0.29, 0.717) is 79.0 Å². The van der Waals surface area contributed by atoms with Gasteiger partial charge in [0.15, 0.2) is 11.2 Å². The van der Waals surface area contributed by atoms with Gasteiger partial charge in [-0.25, -0.2) is 29.9 Å². The Bertz CT molecular complexity index is 4900. The molecule has 0 radical (unpaired) electrons. The van der Waals surface area contributed by atoms with Gasteiger partial charge in [0.2, 0.25) is 17.0 Å². The van der Waals surface area contributed by atoms with Crippen LogP contribution in [0.5, 0.6) is 23.0 Å². The number of aliphatic hydroxyl groups is 1. The summed E-state index contributed by atoms with van der Waals surface area (Å²) in [5.74, 6) is -1.00. The summed E-state index contributed by atoms with van der Waals surface area (Å²) >= 11 is 10.5. The first kappa shape index (κ1) is 80.4. The van der Waals surface area contributed by atoms with Crippen LogP contribution in [-0.2, 0) is 68.2 Å². The van der Waals surface area contributed by atoms with Crippen LogP contribution in [0.3, 0.4) is 0 Å². The van der Waals surface area contributed by atoms with Crippen molar-refractivity contribution in [3.63, 3.8) is 0 Å². The number of epoxide rings is 1. The number of fused-ring (bicyclic) bond motifs is 5. The van der Waals surface area contributed by atoms with Crippen LogP contribution in [-0.4, -0.2) is 120 Å². The second kappa shape index (κ2) is 30.4. The number of ketones is 2. The van der Waals surface area contributed by atoms with Gasteiger partial charge in [-0.3, -0.25) is 14.4 Å². The Morgan fingerprint density at radius 2 is 0.898 bits per heavy atom. The minimum absolute atomic E-state index is 0.145. The number of alkyl halides is 12. The van der Waals surface area contributed by atoms with Crippen molar-refractivity contribution in [1.82, 2.24) is 34.5 Å². The first-order valence-electron chi connectivity index (χ1n) is 34.0. The smallest absolute Gasteiger partial charge is 0.450 e. The number of Topliss-reactive ketones (excluding diaryl/α,β-unsaturated/α-hetero) is 2. The molecule has 9 aromatic rings. The summed E-state index contributed by atoms with van der Waals surface area (Å²) in [4.78, 5) is 59.3. The average Bonchev–Trinajstić information content (AvgIpc) is 1.57. The molecule has 0 aliphatic carbocycles. The normalized spacial score (nSPS) is 16.6. The van der Waals surface area contributed by atoms with E-state index in [0.717, 1.165) is 96.0 Å². The maximum Gasteiger partial charge on any atom is 0.450 e. The molecule has 1 N–H and O–H groups in total. The lowest BCUT2D eigenvalue weighted by Crippen LogP contribution is -2.52. The van der Waals surface area contributed by atoms with Crippen molar-refractivity contribution in [2.24, 2.45) is 0 Å². The molecule has 10 heterocycles. The molecule has 4 aromatic carbocycles. The van der Waals surface area contributed by atoms with E-state index < -0.39 is 100 Å². The van der Waals surface area contributed by atoms with Crippen molar-refractivity contribution in [2.45, 2.75) is 171 Å². The Balaban J connectivity index is 0.000000147. The standard InChI is InChI=1S/C26H23ClF3N3O3S.C19H19F3N2O2.C18H17F3N2O2.C14H14BrF3O2/c1-24(2,18-8-16(17-9-31-14-32-10-17)7-15-3-5-36-22(15)18)12-25(35,26(28,29)30)13-33-11-19(27)21(34)23-20(33)4-6-37-23;1-17(2,9-18(10-26-18)19(20,21)22)15-6-13(14-7-23-11-24-8-14)5-12-3-4-25-16(12)15;1-17(2,7-15(24)18(19,20)21)14-6-12(13-8-22-10-23-9-13)5-11-3-4-25-16(11)14;1-13(2,7-11(19)14(16,17)18)10-6-9(15)5-8-3-4-20-12(8)10/h4,6-11,14,35H,3,5,12-13H2,1-2H3;5-8,11H,3-4,9-10H2,1-2H3;5-6,8-10H,3-4,7H2,1-2H3;5-6H,3-4,7H2,1-2H3. The van der Waals surface area contributed by atoms with Crippen LogP contribution in [0.1, 0.15) is 126 Å². The quantitative estimate of drug-likeness (QED) is 0.0665. The Labute approximate surface area is 629 Å². The van der Waals surface area contributed by atoms with Crippen LogP contribution in [0.2, 0.25) is 5.02 Å². The van der Waals surface area contributed by atoms with Gasteiger partial charge >= 0.3 is 24.7 Å². The van der Waals surface area contributed by atoms with Gasteiger partial charge in [-0.15, -0.1) is 11.3 Å². The van der Waals surface area contributed by atoms with Crippen LogP contribution in [0.4, 0.5) is 52.7 Å². The van der Waals surface area contributed by atoms with Crippen molar-refractivity contribution in [2.75, 3.05) is 33.0 Å². The SMILES string of the molecule is CC(C)(CC(=O)C(F)(F)F)c1cc(-c2cncnc2)cc2c1OCC2.CC(C)(CC(=O)C(F)(F)F)c1cc(Br)cc2c1OCC2.CC(C)(CC(O)(Cn1cc(Cl)c(=O)c2sccc21)C(F)(F)F)c1cc(-c2cncnc2)cc2c1OCC2.CC(C)(CC1(C(F)(F)F)CO1)c1cc(-c2cncnc2)cc2c1OCC2. The van der Waals surface area contributed by atoms with Gasteiger partial charge in [0, 0.05) is 136 Å². The van der Waals surface area contributed by atoms with Gasteiger partial charge in [0.25, 0.3) is 0 Å². The number of hydrogen-bond acceptors (Lipinski definition) is 16. The third-order valence-electron chi connectivity index (χ3n) is 19.6. The van der Waals surface area contributed by atoms with Crippen LogP contribution < -0.4 is 24.4 Å². The maximum absolute atomic E-state index is 14.6. The Kier molecular flexibility index (Phi) is 22.6. The predicted octanol–water partition coefficient (Wildman–Crippen LogP) is 17.9. The summed E-state index contributed by atoms with van der Waals surface area (Å²) in [6.45, 7) is 14.3. The largest absolute Gasteiger partial charge is 0.493 e.